The number of nitrogens with zero attached hydrogens (tertiary/aromatic N) is 1. The van der Waals surface area contributed by atoms with Crippen LogP contribution in [0.2, 0.25) is 0 Å². The molecule has 19 heavy (non-hydrogen) atoms. The van der Waals surface area contributed by atoms with E-state index in [2.05, 4.69) is 19.2 Å². The lowest BCUT2D eigenvalue weighted by Crippen LogP contribution is -2.47. The second-order valence-corrected chi connectivity index (χ2v) is 5.52. The molecular weight excluding hydrogens is 240 g/mol. The fraction of sp³-hybridized carbons (Fsp3) is 0.933. The summed E-state index contributed by atoms with van der Waals surface area (Å²) in [6.07, 6.45) is 7.10. The van der Waals surface area contributed by atoms with Crippen molar-refractivity contribution in [1.29, 1.82) is 0 Å². The molecule has 4 nitrogen and oxygen atoms in total. The van der Waals surface area contributed by atoms with Gasteiger partial charge >= 0.3 is 6.09 Å². The highest BCUT2D eigenvalue weighted by molar-refractivity contribution is 5.67. The molecule has 1 saturated heterocycles. The highest BCUT2D eigenvalue weighted by Crippen LogP contribution is 2.13. The van der Waals surface area contributed by atoms with Gasteiger partial charge in [-0.1, -0.05) is 26.2 Å². The molecule has 0 bridgehead atoms. The van der Waals surface area contributed by atoms with E-state index in [1.54, 1.807) is 0 Å². The van der Waals surface area contributed by atoms with E-state index in [0.29, 0.717) is 18.7 Å². The first-order valence-corrected chi connectivity index (χ1v) is 7.85. The van der Waals surface area contributed by atoms with Gasteiger partial charge in [-0.3, -0.25) is 0 Å². The topological polar surface area (TPSA) is 41.6 Å². The molecule has 1 atom stereocenters. The van der Waals surface area contributed by atoms with Crippen molar-refractivity contribution in [3.8, 4) is 0 Å². The van der Waals surface area contributed by atoms with E-state index in [-0.39, 0.29) is 6.09 Å². The molecule has 0 saturated carbocycles. The van der Waals surface area contributed by atoms with Gasteiger partial charge in [0.25, 0.3) is 0 Å². The van der Waals surface area contributed by atoms with Crippen molar-refractivity contribution in [2.24, 2.45) is 0 Å². The minimum Gasteiger partial charge on any atom is -0.450 e. The number of piperidine rings is 1. The van der Waals surface area contributed by atoms with Crippen LogP contribution in [-0.2, 0) is 4.74 Å². The first-order valence-electron chi connectivity index (χ1n) is 7.85. The summed E-state index contributed by atoms with van der Waals surface area (Å²) in [4.78, 5) is 13.4. The molecule has 1 rings (SSSR count). The van der Waals surface area contributed by atoms with E-state index in [1.165, 1.54) is 25.7 Å². The van der Waals surface area contributed by atoms with Crippen LogP contribution in [0.3, 0.4) is 0 Å². The molecule has 4 heteroatoms. The van der Waals surface area contributed by atoms with Gasteiger partial charge in [0.1, 0.15) is 0 Å². The zero-order valence-corrected chi connectivity index (χ0v) is 12.8. The molecule has 0 spiro atoms. The quantitative estimate of drug-likeness (QED) is 0.722. The minimum absolute atomic E-state index is 0.156. The number of hydrogen-bond acceptors (Lipinski definition) is 3. The van der Waals surface area contributed by atoms with Gasteiger partial charge in [-0.25, -0.2) is 4.79 Å². The number of carbonyl (C=O) groups excluding carboxylic acids is 1. The second kappa shape index (κ2) is 9.18. The molecule has 0 aliphatic carbocycles. The van der Waals surface area contributed by atoms with Crippen molar-refractivity contribution in [2.75, 3.05) is 19.7 Å². The van der Waals surface area contributed by atoms with Crippen molar-refractivity contribution < 1.29 is 9.53 Å². The van der Waals surface area contributed by atoms with E-state index < -0.39 is 0 Å². The van der Waals surface area contributed by atoms with Crippen molar-refractivity contribution >= 4 is 6.09 Å². The monoisotopic (exact) mass is 270 g/mol. The summed E-state index contributed by atoms with van der Waals surface area (Å²) in [6, 6.07) is 1.15. The SMILES string of the molecule is CCCCCC(C)NC1CCN(C(=O)OCC)CC1. The number of rotatable bonds is 7. The summed E-state index contributed by atoms with van der Waals surface area (Å²) in [7, 11) is 0. The lowest BCUT2D eigenvalue weighted by molar-refractivity contribution is 0.0942. The average molecular weight is 270 g/mol. The Kier molecular flexibility index (Phi) is 7.87. The predicted octanol–water partition coefficient (Wildman–Crippen LogP) is 3.17. The number of unbranched alkanes of at least 4 members (excludes halogenated alkanes) is 2. The standard InChI is InChI=1S/C15H30N2O2/c1-4-6-7-8-13(3)16-14-9-11-17(12-10-14)15(18)19-5-2/h13-14,16H,4-12H2,1-3H3. The van der Waals surface area contributed by atoms with E-state index in [4.69, 9.17) is 4.74 Å². The fourth-order valence-corrected chi connectivity index (χ4v) is 2.63. The largest absolute Gasteiger partial charge is 0.450 e. The van der Waals surface area contributed by atoms with Crippen molar-refractivity contribution in [3.05, 3.63) is 0 Å². The Morgan fingerprint density at radius 3 is 2.58 bits per heavy atom. The molecule has 112 valence electrons. The molecule has 1 fully saturated rings. The lowest BCUT2D eigenvalue weighted by Gasteiger charge is -2.33. The molecule has 1 heterocycles. The third kappa shape index (κ3) is 6.28. The first-order chi connectivity index (χ1) is 9.17. The van der Waals surface area contributed by atoms with Gasteiger partial charge in [-0.15, -0.1) is 0 Å². The van der Waals surface area contributed by atoms with Crippen molar-refractivity contribution in [1.82, 2.24) is 10.2 Å². The van der Waals surface area contributed by atoms with Gasteiger partial charge in [-0.05, 0) is 33.1 Å². The fourth-order valence-electron chi connectivity index (χ4n) is 2.63. The van der Waals surface area contributed by atoms with Crippen LogP contribution < -0.4 is 5.32 Å². The Balaban J connectivity index is 2.17. The van der Waals surface area contributed by atoms with Crippen LogP contribution in [-0.4, -0.2) is 42.8 Å². The summed E-state index contributed by atoms with van der Waals surface area (Å²) in [5.41, 5.74) is 0. The lowest BCUT2D eigenvalue weighted by atomic mass is 10.0. The van der Waals surface area contributed by atoms with Crippen LogP contribution in [0, 0.1) is 0 Å². The average Bonchev–Trinajstić information content (AvgIpc) is 2.40. The van der Waals surface area contributed by atoms with Gasteiger partial charge in [0.05, 0.1) is 6.61 Å². The van der Waals surface area contributed by atoms with Crippen molar-refractivity contribution in [3.63, 3.8) is 0 Å². The Morgan fingerprint density at radius 2 is 2.00 bits per heavy atom. The van der Waals surface area contributed by atoms with E-state index in [1.807, 2.05) is 11.8 Å². The molecule has 0 radical (unpaired) electrons. The molecule has 1 amide bonds. The van der Waals surface area contributed by atoms with E-state index in [0.717, 1.165) is 25.9 Å². The first kappa shape index (κ1) is 16.3. The number of ether oxygens (including phenoxy) is 1. The second-order valence-electron chi connectivity index (χ2n) is 5.52. The molecule has 1 unspecified atom stereocenters. The number of carbonyl (C=O) groups is 1. The van der Waals surface area contributed by atoms with Crippen LogP contribution >= 0.6 is 0 Å². The van der Waals surface area contributed by atoms with E-state index in [9.17, 15) is 4.79 Å². The molecular formula is C15H30N2O2. The number of hydrogen-bond donors (Lipinski definition) is 1. The maximum atomic E-state index is 11.6. The van der Waals surface area contributed by atoms with Crippen LogP contribution in [0.25, 0.3) is 0 Å². The maximum absolute atomic E-state index is 11.6. The van der Waals surface area contributed by atoms with Crippen LogP contribution in [0.15, 0.2) is 0 Å². The van der Waals surface area contributed by atoms with Gasteiger partial charge < -0.3 is 15.0 Å². The number of nitrogens with one attached hydrogen (secondary N) is 1. The van der Waals surface area contributed by atoms with Gasteiger partial charge in [-0.2, -0.15) is 0 Å². The Bertz CT molecular complexity index is 251. The Hall–Kier alpha value is -0.770. The molecule has 1 aliphatic heterocycles. The Labute approximate surface area is 117 Å². The zero-order valence-electron chi connectivity index (χ0n) is 12.8. The maximum Gasteiger partial charge on any atom is 0.409 e. The molecule has 1 N–H and O–H groups in total. The number of likely N-dealkylation sites (tertiary alicyclic amines) is 1. The Morgan fingerprint density at radius 1 is 1.32 bits per heavy atom. The van der Waals surface area contributed by atoms with E-state index >= 15 is 0 Å². The summed E-state index contributed by atoms with van der Waals surface area (Å²) in [5, 5.41) is 3.69. The molecule has 0 aromatic rings. The van der Waals surface area contributed by atoms with Crippen LogP contribution in [0.1, 0.15) is 59.3 Å². The molecule has 0 aromatic carbocycles. The third-order valence-corrected chi connectivity index (χ3v) is 3.78. The summed E-state index contributed by atoms with van der Waals surface area (Å²) < 4.78 is 5.03. The smallest absolute Gasteiger partial charge is 0.409 e. The zero-order chi connectivity index (χ0) is 14.1. The van der Waals surface area contributed by atoms with Gasteiger partial charge in [0, 0.05) is 25.2 Å². The summed E-state index contributed by atoms with van der Waals surface area (Å²) in [5.74, 6) is 0. The van der Waals surface area contributed by atoms with Crippen molar-refractivity contribution in [2.45, 2.75) is 71.4 Å². The number of amides is 1. The van der Waals surface area contributed by atoms with Crippen LogP contribution in [0.5, 0.6) is 0 Å². The molecule has 1 aliphatic rings. The molecule has 0 aromatic heterocycles. The minimum atomic E-state index is -0.156. The predicted molar refractivity (Wildman–Crippen MR) is 78.4 cm³/mol. The van der Waals surface area contributed by atoms with Crippen LogP contribution in [0.4, 0.5) is 4.79 Å². The van der Waals surface area contributed by atoms with Gasteiger partial charge in [0.2, 0.25) is 0 Å². The third-order valence-electron chi connectivity index (χ3n) is 3.78. The van der Waals surface area contributed by atoms with Gasteiger partial charge in [0.15, 0.2) is 0 Å². The highest BCUT2D eigenvalue weighted by Gasteiger charge is 2.23. The normalized spacial score (nSPS) is 18.4. The highest BCUT2D eigenvalue weighted by atomic mass is 16.6. The summed E-state index contributed by atoms with van der Waals surface area (Å²) >= 11 is 0. The summed E-state index contributed by atoms with van der Waals surface area (Å²) in [6.45, 7) is 8.46.